The molecule has 1 aromatic heterocycles. The zero-order chi connectivity index (χ0) is 19.9. The van der Waals surface area contributed by atoms with Crippen molar-refractivity contribution in [1.82, 2.24) is 14.7 Å². The van der Waals surface area contributed by atoms with E-state index in [1.54, 1.807) is 29.2 Å². The number of hydrogen-bond donors (Lipinski definition) is 0. The van der Waals surface area contributed by atoms with Gasteiger partial charge in [0.15, 0.2) is 5.69 Å². The summed E-state index contributed by atoms with van der Waals surface area (Å²) in [6, 6.07) is 11.6. The van der Waals surface area contributed by atoms with Gasteiger partial charge in [-0.3, -0.25) is 9.59 Å². The Bertz CT molecular complexity index is 873. The van der Waals surface area contributed by atoms with Gasteiger partial charge < -0.3 is 9.64 Å². The van der Waals surface area contributed by atoms with Crippen molar-refractivity contribution in [3.8, 4) is 0 Å². The average Bonchev–Trinajstić information content (AvgIpc) is 3.26. The van der Waals surface area contributed by atoms with E-state index in [1.807, 2.05) is 13.0 Å². The zero-order valence-corrected chi connectivity index (χ0v) is 16.0. The highest BCUT2D eigenvalue weighted by molar-refractivity contribution is 5.91. The molecule has 1 fully saturated rings. The number of aryl methyl sites for hydroxylation is 1. The summed E-state index contributed by atoms with van der Waals surface area (Å²) in [5.74, 6) is -0.942. The summed E-state index contributed by atoms with van der Waals surface area (Å²) in [5, 5.41) is 4.12. The van der Waals surface area contributed by atoms with Crippen molar-refractivity contribution >= 4 is 11.9 Å². The van der Waals surface area contributed by atoms with Gasteiger partial charge in [-0.05, 0) is 25.3 Å². The van der Waals surface area contributed by atoms with Crippen LogP contribution in [0.4, 0.5) is 0 Å². The summed E-state index contributed by atoms with van der Waals surface area (Å²) in [5.41, 5.74) is 0.371. The quantitative estimate of drug-likeness (QED) is 0.687. The van der Waals surface area contributed by atoms with Crippen LogP contribution in [0.1, 0.15) is 54.8 Å². The third kappa shape index (κ3) is 4.65. The van der Waals surface area contributed by atoms with Gasteiger partial charge in [0, 0.05) is 31.3 Å². The number of amides is 1. The van der Waals surface area contributed by atoms with E-state index in [0.29, 0.717) is 25.2 Å². The first-order valence-electron chi connectivity index (χ1n) is 9.73. The molecule has 148 valence electrons. The van der Waals surface area contributed by atoms with Gasteiger partial charge in [0.05, 0.1) is 0 Å². The Hall–Kier alpha value is -2.96. The van der Waals surface area contributed by atoms with Crippen LogP contribution in [0.25, 0.3) is 0 Å². The number of carbonyl (C=O) groups is 2. The highest BCUT2D eigenvalue weighted by atomic mass is 16.5. The van der Waals surface area contributed by atoms with E-state index >= 15 is 0 Å². The lowest BCUT2D eigenvalue weighted by atomic mass is 10.1. The molecule has 2 aromatic rings. The third-order valence-corrected chi connectivity index (χ3v) is 4.77. The molecule has 3 rings (SSSR count). The van der Waals surface area contributed by atoms with Crippen LogP contribution in [0.3, 0.4) is 0 Å². The largest absolute Gasteiger partial charge is 0.443 e. The van der Waals surface area contributed by atoms with E-state index in [4.69, 9.17) is 4.74 Å². The maximum atomic E-state index is 12.9. The van der Waals surface area contributed by atoms with Gasteiger partial charge in [0.2, 0.25) is 6.10 Å². The Labute approximate surface area is 163 Å². The lowest BCUT2D eigenvalue weighted by molar-refractivity contribution is -0.140. The maximum Gasteiger partial charge on any atom is 0.359 e. The topological polar surface area (TPSA) is 81.5 Å². The van der Waals surface area contributed by atoms with Gasteiger partial charge in [0.25, 0.3) is 11.5 Å². The fourth-order valence-electron chi connectivity index (χ4n) is 3.19. The minimum absolute atomic E-state index is 0.0193. The third-order valence-electron chi connectivity index (χ3n) is 4.77. The van der Waals surface area contributed by atoms with Crippen LogP contribution in [0, 0.1) is 0 Å². The van der Waals surface area contributed by atoms with Crippen molar-refractivity contribution in [2.45, 2.75) is 45.3 Å². The molecule has 1 unspecified atom stereocenters. The first kappa shape index (κ1) is 19.8. The summed E-state index contributed by atoms with van der Waals surface area (Å²) >= 11 is 0. The highest BCUT2D eigenvalue weighted by Crippen LogP contribution is 2.23. The molecule has 28 heavy (non-hydrogen) atoms. The number of ether oxygens (including phenoxy) is 1. The number of likely N-dealkylation sites (tertiary alicyclic amines) is 1. The van der Waals surface area contributed by atoms with Crippen molar-refractivity contribution < 1.29 is 14.3 Å². The number of benzene rings is 1. The minimum atomic E-state index is -1.02. The van der Waals surface area contributed by atoms with Crippen LogP contribution in [-0.4, -0.2) is 39.6 Å². The van der Waals surface area contributed by atoms with Gasteiger partial charge in [-0.1, -0.05) is 43.7 Å². The number of esters is 1. The van der Waals surface area contributed by atoms with Gasteiger partial charge in [-0.25, -0.2) is 9.48 Å². The molecule has 0 radical (unpaired) electrons. The molecule has 7 nitrogen and oxygen atoms in total. The van der Waals surface area contributed by atoms with Gasteiger partial charge >= 0.3 is 5.97 Å². The maximum absolute atomic E-state index is 12.9. The van der Waals surface area contributed by atoms with Crippen molar-refractivity contribution in [3.05, 3.63) is 64.1 Å². The second-order valence-corrected chi connectivity index (χ2v) is 6.86. The van der Waals surface area contributed by atoms with Crippen LogP contribution in [0.2, 0.25) is 0 Å². The standard InChI is InChI=1S/C21H25N3O4/c1-2-3-15-24-18(25)12-11-17(22-24)21(27)28-19(16-9-5-4-6-10-16)20(26)23-13-7-8-14-23/h4-6,9-12,19H,2-3,7-8,13-15H2,1H3. The molecule has 1 aliphatic heterocycles. The normalized spacial score (nSPS) is 14.7. The summed E-state index contributed by atoms with van der Waals surface area (Å²) in [4.78, 5) is 39.3. The summed E-state index contributed by atoms with van der Waals surface area (Å²) in [6.07, 6.45) is 2.56. The van der Waals surface area contributed by atoms with Crippen LogP contribution < -0.4 is 5.56 Å². The summed E-state index contributed by atoms with van der Waals surface area (Å²) < 4.78 is 6.85. The van der Waals surface area contributed by atoms with E-state index in [1.165, 1.54) is 16.8 Å². The monoisotopic (exact) mass is 383 g/mol. The first-order valence-corrected chi connectivity index (χ1v) is 9.73. The Morgan fingerprint density at radius 1 is 1.11 bits per heavy atom. The van der Waals surface area contributed by atoms with Crippen molar-refractivity contribution in [3.63, 3.8) is 0 Å². The van der Waals surface area contributed by atoms with Gasteiger partial charge in [-0.2, -0.15) is 5.10 Å². The van der Waals surface area contributed by atoms with Gasteiger partial charge in [-0.15, -0.1) is 0 Å². The molecule has 0 N–H and O–H groups in total. The molecule has 0 bridgehead atoms. The first-order chi connectivity index (χ1) is 13.6. The second kappa shape index (κ2) is 9.30. The molecule has 1 aromatic carbocycles. The Morgan fingerprint density at radius 3 is 2.50 bits per heavy atom. The lowest BCUT2D eigenvalue weighted by Gasteiger charge is -2.23. The summed E-state index contributed by atoms with van der Waals surface area (Å²) in [7, 11) is 0. The average molecular weight is 383 g/mol. The number of carbonyl (C=O) groups excluding carboxylic acids is 2. The Kier molecular flexibility index (Phi) is 6.57. The lowest BCUT2D eigenvalue weighted by Crippen LogP contribution is -2.35. The second-order valence-electron chi connectivity index (χ2n) is 6.86. The van der Waals surface area contributed by atoms with E-state index in [9.17, 15) is 14.4 Å². The predicted molar refractivity (Wildman–Crippen MR) is 104 cm³/mol. The van der Waals surface area contributed by atoms with Crippen LogP contribution in [0.15, 0.2) is 47.3 Å². The number of rotatable bonds is 7. The Balaban J connectivity index is 1.83. The molecular formula is C21H25N3O4. The van der Waals surface area contributed by atoms with Crippen molar-refractivity contribution in [2.75, 3.05) is 13.1 Å². The number of unbranched alkanes of at least 4 members (excludes halogenated alkanes) is 1. The molecule has 1 saturated heterocycles. The molecule has 7 heteroatoms. The Morgan fingerprint density at radius 2 is 1.82 bits per heavy atom. The van der Waals surface area contributed by atoms with Crippen molar-refractivity contribution in [2.24, 2.45) is 0 Å². The molecule has 1 aliphatic rings. The minimum Gasteiger partial charge on any atom is -0.443 e. The van der Waals surface area contributed by atoms with Crippen LogP contribution >= 0.6 is 0 Å². The summed E-state index contributed by atoms with van der Waals surface area (Å²) in [6.45, 7) is 3.78. The molecule has 2 heterocycles. The molecule has 0 saturated carbocycles. The predicted octanol–water partition coefficient (Wildman–Crippen LogP) is 2.56. The molecule has 0 spiro atoms. The van der Waals surface area contributed by atoms with E-state index < -0.39 is 12.1 Å². The molecular weight excluding hydrogens is 358 g/mol. The SMILES string of the molecule is CCCCn1nc(C(=O)OC(C(=O)N2CCCC2)c2ccccc2)ccc1=O. The fraction of sp³-hybridized carbons (Fsp3) is 0.429. The van der Waals surface area contributed by atoms with Crippen molar-refractivity contribution in [1.29, 1.82) is 0 Å². The van der Waals surface area contributed by atoms with E-state index in [0.717, 1.165) is 25.7 Å². The van der Waals surface area contributed by atoms with Crippen LogP contribution in [-0.2, 0) is 16.1 Å². The molecule has 1 amide bonds. The zero-order valence-electron chi connectivity index (χ0n) is 16.0. The number of aromatic nitrogens is 2. The smallest absolute Gasteiger partial charge is 0.359 e. The molecule has 0 aliphatic carbocycles. The highest BCUT2D eigenvalue weighted by Gasteiger charge is 2.31. The van der Waals surface area contributed by atoms with E-state index in [-0.39, 0.29) is 17.2 Å². The van der Waals surface area contributed by atoms with Gasteiger partial charge in [0.1, 0.15) is 0 Å². The fourth-order valence-corrected chi connectivity index (χ4v) is 3.19. The number of nitrogens with zero attached hydrogens (tertiary/aromatic N) is 3. The van der Waals surface area contributed by atoms with Crippen LogP contribution in [0.5, 0.6) is 0 Å². The molecule has 1 atom stereocenters. The number of hydrogen-bond acceptors (Lipinski definition) is 5. The van der Waals surface area contributed by atoms with E-state index in [2.05, 4.69) is 5.10 Å².